The van der Waals surface area contributed by atoms with Gasteiger partial charge in [-0.25, -0.2) is 4.79 Å². The first-order valence-corrected chi connectivity index (χ1v) is 5.42. The minimum absolute atomic E-state index is 0.0970. The minimum atomic E-state index is -1.11. The Labute approximate surface area is 99.1 Å². The van der Waals surface area contributed by atoms with Crippen LogP contribution in [0.2, 0.25) is 0 Å². The van der Waals surface area contributed by atoms with Crippen LogP contribution in [-0.2, 0) is 2.14 Å². The third kappa shape index (κ3) is 2.99. The molecule has 0 amide bonds. The number of rotatable bonds is 1. The van der Waals surface area contributed by atoms with E-state index in [0.717, 1.165) is 0 Å². The maximum Gasteiger partial charge on any atom is 0.356 e. The summed E-state index contributed by atoms with van der Waals surface area (Å²) in [6.07, 6.45) is 1.45. The summed E-state index contributed by atoms with van der Waals surface area (Å²) >= 11 is 9.73. The van der Waals surface area contributed by atoms with Gasteiger partial charge in [-0.3, -0.25) is 0 Å². The standard InChI is InChI=1S/C6H3Br3N2O2/c7-6(8,9)3-1-4(5(12)13)11-10-2-3/h1-2H,(H,12,13). The molecule has 13 heavy (non-hydrogen) atoms. The van der Waals surface area contributed by atoms with E-state index in [4.69, 9.17) is 5.11 Å². The first kappa shape index (κ1) is 11.1. The molecular weight excluding hydrogens is 372 g/mol. The van der Waals surface area contributed by atoms with E-state index in [9.17, 15) is 4.79 Å². The van der Waals surface area contributed by atoms with Crippen LogP contribution in [0.15, 0.2) is 12.3 Å². The van der Waals surface area contributed by atoms with Gasteiger partial charge in [-0.05, 0) is 6.07 Å². The predicted octanol–water partition coefficient (Wildman–Crippen LogP) is 2.47. The van der Waals surface area contributed by atoms with Crippen molar-refractivity contribution in [3.8, 4) is 0 Å². The highest BCUT2D eigenvalue weighted by atomic mass is 80.0. The molecule has 1 heterocycles. The van der Waals surface area contributed by atoms with Crippen LogP contribution in [0.1, 0.15) is 16.1 Å². The molecule has 1 N–H and O–H groups in total. The first-order valence-electron chi connectivity index (χ1n) is 3.04. The summed E-state index contributed by atoms with van der Waals surface area (Å²) in [6.45, 7) is 0. The maximum absolute atomic E-state index is 10.5. The second-order valence-electron chi connectivity index (χ2n) is 2.13. The smallest absolute Gasteiger partial charge is 0.356 e. The third-order valence-corrected chi connectivity index (χ3v) is 2.57. The number of nitrogens with zero attached hydrogens (tertiary/aromatic N) is 2. The zero-order valence-electron chi connectivity index (χ0n) is 6.04. The van der Waals surface area contributed by atoms with Crippen LogP contribution in [0.5, 0.6) is 0 Å². The third-order valence-electron chi connectivity index (χ3n) is 1.20. The van der Waals surface area contributed by atoms with E-state index in [1.54, 1.807) is 0 Å². The first-order chi connectivity index (χ1) is 5.91. The van der Waals surface area contributed by atoms with E-state index in [1.165, 1.54) is 12.3 Å². The Hall–Kier alpha value is -0.0100. The lowest BCUT2D eigenvalue weighted by Crippen LogP contribution is -2.06. The SMILES string of the molecule is O=C(O)c1cc(C(Br)(Br)Br)cnn1. The monoisotopic (exact) mass is 372 g/mol. The molecule has 7 heteroatoms. The molecule has 0 spiro atoms. The molecule has 0 atom stereocenters. The average Bonchev–Trinajstić information content (AvgIpc) is 2.03. The molecule has 0 aliphatic carbocycles. The zero-order valence-corrected chi connectivity index (χ0v) is 10.8. The number of hydrogen-bond acceptors (Lipinski definition) is 3. The van der Waals surface area contributed by atoms with E-state index in [2.05, 4.69) is 58.0 Å². The normalized spacial score (nSPS) is 11.3. The fourth-order valence-corrected chi connectivity index (χ4v) is 1.28. The Kier molecular flexibility index (Phi) is 3.42. The highest BCUT2D eigenvalue weighted by molar-refractivity contribution is 9.38. The van der Waals surface area contributed by atoms with Crippen LogP contribution in [0.3, 0.4) is 0 Å². The number of alkyl halides is 3. The Morgan fingerprint density at radius 1 is 1.46 bits per heavy atom. The van der Waals surface area contributed by atoms with E-state index in [-0.39, 0.29) is 5.69 Å². The predicted molar refractivity (Wildman–Crippen MR) is 57.5 cm³/mol. The van der Waals surface area contributed by atoms with Crippen molar-refractivity contribution in [2.45, 2.75) is 2.14 Å². The van der Waals surface area contributed by atoms with Gasteiger partial charge in [0, 0.05) is 5.56 Å². The van der Waals surface area contributed by atoms with Gasteiger partial charge in [0.25, 0.3) is 0 Å². The molecule has 0 aromatic carbocycles. The molecule has 1 rings (SSSR count). The van der Waals surface area contributed by atoms with Crippen LogP contribution < -0.4 is 0 Å². The van der Waals surface area contributed by atoms with Gasteiger partial charge in [0.2, 0.25) is 0 Å². The van der Waals surface area contributed by atoms with Gasteiger partial charge >= 0.3 is 5.97 Å². The summed E-state index contributed by atoms with van der Waals surface area (Å²) < 4.78 is -0.660. The van der Waals surface area contributed by atoms with Crippen LogP contribution in [0.4, 0.5) is 0 Å². The molecule has 0 aliphatic heterocycles. The Morgan fingerprint density at radius 2 is 2.08 bits per heavy atom. The molecule has 0 aliphatic rings. The fraction of sp³-hybridized carbons (Fsp3) is 0.167. The van der Waals surface area contributed by atoms with Crippen molar-refractivity contribution in [2.75, 3.05) is 0 Å². The van der Waals surface area contributed by atoms with Crippen molar-refractivity contribution in [2.24, 2.45) is 0 Å². The quantitative estimate of drug-likeness (QED) is 0.767. The number of carboxylic acids is 1. The van der Waals surface area contributed by atoms with Gasteiger partial charge in [-0.2, -0.15) is 5.10 Å². The van der Waals surface area contributed by atoms with Gasteiger partial charge in [0.05, 0.1) is 6.20 Å². The lowest BCUT2D eigenvalue weighted by molar-refractivity contribution is 0.0689. The number of halogens is 3. The lowest BCUT2D eigenvalue weighted by Gasteiger charge is -2.11. The highest BCUT2D eigenvalue weighted by Crippen LogP contribution is 2.43. The summed E-state index contributed by atoms with van der Waals surface area (Å²) in [6, 6.07) is 1.41. The fourth-order valence-electron chi connectivity index (χ4n) is 0.626. The van der Waals surface area contributed by atoms with Gasteiger partial charge in [0.1, 0.15) is 0 Å². The summed E-state index contributed by atoms with van der Waals surface area (Å²) in [5, 5.41) is 15.6. The van der Waals surface area contributed by atoms with Crippen molar-refractivity contribution in [3.05, 3.63) is 23.5 Å². The summed E-state index contributed by atoms with van der Waals surface area (Å²) in [4.78, 5) is 10.5. The van der Waals surface area contributed by atoms with Crippen LogP contribution in [0, 0.1) is 0 Å². The molecule has 70 valence electrons. The van der Waals surface area contributed by atoms with Crippen LogP contribution in [-0.4, -0.2) is 21.3 Å². The van der Waals surface area contributed by atoms with Crippen molar-refractivity contribution >= 4 is 53.8 Å². The molecule has 1 aromatic heterocycles. The van der Waals surface area contributed by atoms with Crippen molar-refractivity contribution in [3.63, 3.8) is 0 Å². The van der Waals surface area contributed by atoms with E-state index >= 15 is 0 Å². The Balaban J connectivity index is 3.13. The number of aromatic nitrogens is 2. The topological polar surface area (TPSA) is 63.1 Å². The molecule has 0 saturated heterocycles. The average molecular weight is 375 g/mol. The largest absolute Gasteiger partial charge is 0.476 e. The molecule has 1 aromatic rings. The van der Waals surface area contributed by atoms with Gasteiger partial charge in [0.15, 0.2) is 7.84 Å². The number of carboxylic acid groups (broad SMARTS) is 1. The molecule has 0 radical (unpaired) electrons. The molecule has 4 nitrogen and oxygen atoms in total. The van der Waals surface area contributed by atoms with Crippen LogP contribution >= 0.6 is 47.8 Å². The number of hydrogen-bond donors (Lipinski definition) is 1. The molecule has 0 fully saturated rings. The number of aromatic carboxylic acids is 1. The van der Waals surface area contributed by atoms with E-state index in [1.807, 2.05) is 0 Å². The Bertz CT molecular complexity index is 337. The highest BCUT2D eigenvalue weighted by Gasteiger charge is 2.22. The van der Waals surface area contributed by atoms with E-state index in [0.29, 0.717) is 5.56 Å². The number of carbonyl (C=O) groups is 1. The summed E-state index contributed by atoms with van der Waals surface area (Å²) in [5.74, 6) is -1.11. The summed E-state index contributed by atoms with van der Waals surface area (Å²) in [7, 11) is 0. The second-order valence-corrected chi connectivity index (χ2v) is 8.89. The zero-order chi connectivity index (χ0) is 10.1. The van der Waals surface area contributed by atoms with Crippen molar-refractivity contribution in [1.29, 1.82) is 0 Å². The molecule has 0 unspecified atom stereocenters. The van der Waals surface area contributed by atoms with Gasteiger partial charge < -0.3 is 5.11 Å². The Morgan fingerprint density at radius 3 is 2.54 bits per heavy atom. The van der Waals surface area contributed by atoms with Gasteiger partial charge in [-0.1, -0.05) is 47.8 Å². The maximum atomic E-state index is 10.5. The summed E-state index contributed by atoms with van der Waals surface area (Å²) in [5.41, 5.74) is 0.528. The van der Waals surface area contributed by atoms with Crippen LogP contribution in [0.25, 0.3) is 0 Å². The van der Waals surface area contributed by atoms with Gasteiger partial charge in [-0.15, -0.1) is 5.10 Å². The molecular formula is C6H3Br3N2O2. The minimum Gasteiger partial charge on any atom is -0.476 e. The van der Waals surface area contributed by atoms with E-state index < -0.39 is 8.11 Å². The van der Waals surface area contributed by atoms with Crippen molar-refractivity contribution in [1.82, 2.24) is 10.2 Å². The molecule has 0 bridgehead atoms. The van der Waals surface area contributed by atoms with Crippen molar-refractivity contribution < 1.29 is 9.90 Å². The second kappa shape index (κ2) is 4.02. The lowest BCUT2D eigenvalue weighted by atomic mass is 10.3. The molecule has 0 saturated carbocycles.